The summed E-state index contributed by atoms with van der Waals surface area (Å²) in [5, 5.41) is 5.70. The molecule has 3 rings (SSSR count). The maximum absolute atomic E-state index is 5.95. The quantitative estimate of drug-likeness (QED) is 0.747. The van der Waals surface area contributed by atoms with Crippen molar-refractivity contribution in [2.45, 2.75) is 0 Å². The predicted octanol–water partition coefficient (Wildman–Crippen LogP) is 2.81. The molecule has 0 fully saturated rings. The van der Waals surface area contributed by atoms with Crippen molar-refractivity contribution >= 4 is 44.4 Å². The second kappa shape index (κ2) is 4.22. The fraction of sp³-hybridized carbons (Fsp3) is 0. The summed E-state index contributed by atoms with van der Waals surface area (Å²) in [6.45, 7) is 0. The number of aromatic nitrogens is 4. The van der Waals surface area contributed by atoms with Crippen LogP contribution in [0, 0.1) is 0 Å². The first-order valence-electron chi connectivity index (χ1n) is 5.08. The molecule has 0 aliphatic heterocycles. The maximum atomic E-state index is 5.95. The number of benzene rings is 1. The minimum atomic E-state index is 0.209. The van der Waals surface area contributed by atoms with Crippen LogP contribution in [0.2, 0.25) is 5.02 Å². The molecular formula is C11H7BrClN5. The molecule has 0 aliphatic carbocycles. The number of halogens is 2. The molecule has 0 amide bonds. The molecule has 3 aromatic rings. The number of anilines is 1. The zero-order valence-corrected chi connectivity index (χ0v) is 11.4. The summed E-state index contributed by atoms with van der Waals surface area (Å²) >= 11 is 9.27. The first kappa shape index (κ1) is 11.4. The van der Waals surface area contributed by atoms with Crippen LogP contribution in [0.25, 0.3) is 16.6 Å². The zero-order valence-electron chi connectivity index (χ0n) is 9.01. The third-order valence-electron chi connectivity index (χ3n) is 2.49. The van der Waals surface area contributed by atoms with Crippen LogP contribution in [0.5, 0.6) is 0 Å². The van der Waals surface area contributed by atoms with Crippen LogP contribution in [-0.4, -0.2) is 19.7 Å². The van der Waals surface area contributed by atoms with Gasteiger partial charge in [-0.25, -0.2) is 4.68 Å². The SMILES string of the molecule is Nc1nc(Br)n(-c2ccnc3cc(Cl)ccc23)n1. The molecule has 0 radical (unpaired) electrons. The fourth-order valence-corrected chi connectivity index (χ4v) is 2.37. The van der Waals surface area contributed by atoms with Gasteiger partial charge in [-0.15, -0.1) is 5.10 Å². The molecule has 0 saturated heterocycles. The molecule has 0 bridgehead atoms. The zero-order chi connectivity index (χ0) is 12.7. The van der Waals surface area contributed by atoms with Gasteiger partial charge in [0, 0.05) is 16.6 Å². The minimum absolute atomic E-state index is 0.209. The summed E-state index contributed by atoms with van der Waals surface area (Å²) in [4.78, 5) is 8.28. The average Bonchev–Trinajstić information content (AvgIpc) is 2.67. The Bertz CT molecular complexity index is 739. The molecule has 5 nitrogen and oxygen atoms in total. The van der Waals surface area contributed by atoms with E-state index in [-0.39, 0.29) is 5.95 Å². The molecular weight excluding hydrogens is 318 g/mol. The van der Waals surface area contributed by atoms with Gasteiger partial charge in [0.2, 0.25) is 10.7 Å². The van der Waals surface area contributed by atoms with Crippen molar-refractivity contribution < 1.29 is 0 Å². The van der Waals surface area contributed by atoms with Gasteiger partial charge in [0.25, 0.3) is 0 Å². The molecule has 18 heavy (non-hydrogen) atoms. The van der Waals surface area contributed by atoms with Crippen LogP contribution in [0.4, 0.5) is 5.95 Å². The maximum Gasteiger partial charge on any atom is 0.240 e. The lowest BCUT2D eigenvalue weighted by atomic mass is 10.2. The van der Waals surface area contributed by atoms with Gasteiger partial charge in [0.05, 0.1) is 11.2 Å². The van der Waals surface area contributed by atoms with Crippen LogP contribution in [0.1, 0.15) is 0 Å². The van der Waals surface area contributed by atoms with E-state index < -0.39 is 0 Å². The molecule has 2 heterocycles. The lowest BCUT2D eigenvalue weighted by Gasteiger charge is -2.06. The van der Waals surface area contributed by atoms with Crippen molar-refractivity contribution in [2.24, 2.45) is 0 Å². The van der Waals surface area contributed by atoms with Gasteiger partial charge in [-0.3, -0.25) is 4.98 Å². The second-order valence-corrected chi connectivity index (χ2v) is 4.79. The van der Waals surface area contributed by atoms with Gasteiger partial charge in [0.15, 0.2) is 0 Å². The summed E-state index contributed by atoms with van der Waals surface area (Å²) in [5.74, 6) is 0.209. The lowest BCUT2D eigenvalue weighted by Crippen LogP contribution is -1.99. The van der Waals surface area contributed by atoms with Gasteiger partial charge in [-0.05, 0) is 40.2 Å². The van der Waals surface area contributed by atoms with Crippen LogP contribution in [0.3, 0.4) is 0 Å². The minimum Gasteiger partial charge on any atom is -0.366 e. The molecule has 2 N–H and O–H groups in total. The highest BCUT2D eigenvalue weighted by atomic mass is 79.9. The number of hydrogen-bond acceptors (Lipinski definition) is 4. The Hall–Kier alpha value is -1.66. The highest BCUT2D eigenvalue weighted by Gasteiger charge is 2.10. The summed E-state index contributed by atoms with van der Waals surface area (Å²) in [5.41, 5.74) is 7.21. The van der Waals surface area contributed by atoms with E-state index in [1.165, 1.54) is 0 Å². The van der Waals surface area contributed by atoms with Crippen LogP contribution >= 0.6 is 27.5 Å². The average molecular weight is 325 g/mol. The van der Waals surface area contributed by atoms with E-state index in [1.54, 1.807) is 16.9 Å². The van der Waals surface area contributed by atoms with Crippen molar-refractivity contribution in [3.8, 4) is 5.69 Å². The van der Waals surface area contributed by atoms with Crippen LogP contribution < -0.4 is 5.73 Å². The van der Waals surface area contributed by atoms with E-state index in [4.69, 9.17) is 17.3 Å². The number of nitrogens with two attached hydrogens (primary N) is 1. The highest BCUT2D eigenvalue weighted by molar-refractivity contribution is 9.10. The molecule has 90 valence electrons. The molecule has 0 spiro atoms. The van der Waals surface area contributed by atoms with E-state index in [2.05, 4.69) is 31.0 Å². The Balaban J connectivity index is 2.32. The van der Waals surface area contributed by atoms with Crippen LogP contribution in [0.15, 0.2) is 35.2 Å². The third kappa shape index (κ3) is 1.83. The van der Waals surface area contributed by atoms with Gasteiger partial charge >= 0.3 is 0 Å². The first-order chi connectivity index (χ1) is 8.65. The van der Waals surface area contributed by atoms with E-state index >= 15 is 0 Å². The standard InChI is InChI=1S/C11H7BrClN5/c12-10-16-11(14)17-18(10)9-3-4-15-8-5-6(13)1-2-7(8)9/h1-5H,(H2,14,17). The summed E-state index contributed by atoms with van der Waals surface area (Å²) in [7, 11) is 0. The third-order valence-corrected chi connectivity index (χ3v) is 3.24. The molecule has 0 atom stereocenters. The number of nitrogen functional groups attached to an aromatic ring is 1. The molecule has 0 saturated carbocycles. The predicted molar refractivity (Wildman–Crippen MR) is 73.8 cm³/mol. The molecule has 1 aromatic carbocycles. The second-order valence-electron chi connectivity index (χ2n) is 3.64. The van der Waals surface area contributed by atoms with Crippen molar-refractivity contribution in [1.82, 2.24) is 19.7 Å². The Morgan fingerprint density at radius 1 is 1.28 bits per heavy atom. The van der Waals surface area contributed by atoms with Gasteiger partial charge in [-0.1, -0.05) is 11.6 Å². The highest BCUT2D eigenvalue weighted by Crippen LogP contribution is 2.25. The number of rotatable bonds is 1. The normalized spacial score (nSPS) is 11.0. The summed E-state index contributed by atoms with van der Waals surface area (Å²) in [6.07, 6.45) is 1.69. The smallest absolute Gasteiger partial charge is 0.240 e. The van der Waals surface area contributed by atoms with Gasteiger partial charge in [0.1, 0.15) is 0 Å². The number of pyridine rings is 1. The van der Waals surface area contributed by atoms with Gasteiger partial charge in [-0.2, -0.15) is 4.98 Å². The molecule has 2 aromatic heterocycles. The van der Waals surface area contributed by atoms with E-state index in [1.807, 2.05) is 18.2 Å². The number of hydrogen-bond donors (Lipinski definition) is 1. The van der Waals surface area contributed by atoms with Gasteiger partial charge < -0.3 is 5.73 Å². The summed E-state index contributed by atoms with van der Waals surface area (Å²) < 4.78 is 2.16. The number of fused-ring (bicyclic) bond motifs is 1. The molecule has 0 unspecified atom stereocenters. The van der Waals surface area contributed by atoms with E-state index in [9.17, 15) is 0 Å². The Labute approximate surface area is 116 Å². The lowest BCUT2D eigenvalue weighted by molar-refractivity contribution is 0.865. The van der Waals surface area contributed by atoms with Crippen molar-refractivity contribution in [2.75, 3.05) is 5.73 Å². The van der Waals surface area contributed by atoms with E-state index in [0.717, 1.165) is 16.6 Å². The van der Waals surface area contributed by atoms with Crippen molar-refractivity contribution in [1.29, 1.82) is 0 Å². The van der Waals surface area contributed by atoms with Crippen molar-refractivity contribution in [3.05, 3.63) is 40.2 Å². The first-order valence-corrected chi connectivity index (χ1v) is 6.25. The molecule has 0 aliphatic rings. The van der Waals surface area contributed by atoms with E-state index in [0.29, 0.717) is 9.76 Å². The molecule has 7 heteroatoms. The summed E-state index contributed by atoms with van der Waals surface area (Å²) in [6, 6.07) is 7.34. The van der Waals surface area contributed by atoms with Crippen LogP contribution in [-0.2, 0) is 0 Å². The Morgan fingerprint density at radius 2 is 2.11 bits per heavy atom. The monoisotopic (exact) mass is 323 g/mol. The largest absolute Gasteiger partial charge is 0.366 e. The number of nitrogens with zero attached hydrogens (tertiary/aromatic N) is 4. The Kier molecular flexibility index (Phi) is 2.68. The fourth-order valence-electron chi connectivity index (χ4n) is 1.75. The van der Waals surface area contributed by atoms with Crippen molar-refractivity contribution in [3.63, 3.8) is 0 Å². The Morgan fingerprint density at radius 3 is 2.83 bits per heavy atom. The topological polar surface area (TPSA) is 69.6 Å².